The van der Waals surface area contributed by atoms with E-state index in [9.17, 15) is 8.78 Å². The van der Waals surface area contributed by atoms with Crippen molar-refractivity contribution in [2.24, 2.45) is 0 Å². The van der Waals surface area contributed by atoms with Gasteiger partial charge in [0.1, 0.15) is 11.6 Å². The summed E-state index contributed by atoms with van der Waals surface area (Å²) in [7, 11) is 0.317. The van der Waals surface area contributed by atoms with Crippen LogP contribution in [0.3, 0.4) is 0 Å². The number of hydrogen-bond acceptors (Lipinski definition) is 1. The fraction of sp³-hybridized carbons (Fsp3) is 0.0909. The molecule has 0 spiro atoms. The van der Waals surface area contributed by atoms with Crippen LogP contribution in [0, 0.1) is 11.6 Å². The molecular formula is C11H8F2NP. The molecule has 0 N–H and O–H groups in total. The monoisotopic (exact) mass is 223 g/mol. The van der Waals surface area contributed by atoms with Gasteiger partial charge in [-0.25, -0.2) is 8.78 Å². The van der Waals surface area contributed by atoms with Crippen molar-refractivity contribution in [3.63, 3.8) is 0 Å². The minimum Gasteiger partial charge on any atom is -0.344 e. The summed E-state index contributed by atoms with van der Waals surface area (Å²) in [5, 5.41) is 0.772. The second-order valence-corrected chi connectivity index (χ2v) is 4.82. The highest BCUT2D eigenvalue weighted by molar-refractivity contribution is 7.45. The van der Waals surface area contributed by atoms with Crippen molar-refractivity contribution in [2.45, 2.75) is 6.04 Å². The van der Waals surface area contributed by atoms with Gasteiger partial charge in [-0.15, -0.1) is 0 Å². The lowest BCUT2D eigenvalue weighted by molar-refractivity contribution is 0.506. The van der Waals surface area contributed by atoms with Crippen LogP contribution in [-0.4, -0.2) is 4.67 Å². The second-order valence-electron chi connectivity index (χ2n) is 3.54. The fourth-order valence-electron chi connectivity index (χ4n) is 1.96. The molecule has 0 radical (unpaired) electrons. The molecule has 2 atom stereocenters. The number of benzene rings is 1. The van der Waals surface area contributed by atoms with Crippen LogP contribution in [0.1, 0.15) is 11.6 Å². The average molecular weight is 223 g/mol. The second kappa shape index (κ2) is 3.14. The zero-order valence-electron chi connectivity index (χ0n) is 7.74. The molecule has 2 aliphatic rings. The molecule has 1 nitrogen and oxygen atoms in total. The number of hydrogen-bond donors (Lipinski definition) is 0. The maximum Gasteiger partial charge on any atom is 0.132 e. The number of nitrogens with zero attached hydrogens (tertiary/aromatic N) is 1. The zero-order chi connectivity index (χ0) is 10.4. The zero-order valence-corrected chi connectivity index (χ0v) is 8.74. The molecule has 2 unspecified atom stereocenters. The molecule has 4 heteroatoms. The maximum atomic E-state index is 13.6. The van der Waals surface area contributed by atoms with E-state index in [0.29, 0.717) is 14.3 Å². The van der Waals surface area contributed by atoms with Crippen molar-refractivity contribution in [3.05, 3.63) is 53.8 Å². The van der Waals surface area contributed by atoms with Crippen molar-refractivity contribution < 1.29 is 8.78 Å². The van der Waals surface area contributed by atoms with E-state index in [4.69, 9.17) is 0 Å². The summed E-state index contributed by atoms with van der Waals surface area (Å²) >= 11 is 0. The lowest BCUT2D eigenvalue weighted by Gasteiger charge is -2.22. The topological polar surface area (TPSA) is 3.24 Å². The highest BCUT2D eigenvalue weighted by Gasteiger charge is 2.30. The minimum absolute atomic E-state index is 0.0519. The van der Waals surface area contributed by atoms with E-state index in [1.807, 2.05) is 29.1 Å². The molecule has 0 fully saturated rings. The van der Waals surface area contributed by atoms with Crippen LogP contribution in [0.5, 0.6) is 0 Å². The first kappa shape index (κ1) is 9.05. The Kier molecular flexibility index (Phi) is 1.89. The van der Waals surface area contributed by atoms with Crippen molar-refractivity contribution in [1.82, 2.24) is 4.67 Å². The first-order chi connectivity index (χ1) is 7.25. The van der Waals surface area contributed by atoms with Gasteiger partial charge in [0.25, 0.3) is 0 Å². The molecule has 0 bridgehead atoms. The van der Waals surface area contributed by atoms with Gasteiger partial charge in [0.15, 0.2) is 0 Å². The van der Waals surface area contributed by atoms with E-state index in [1.54, 1.807) is 0 Å². The highest BCUT2D eigenvalue weighted by atomic mass is 31.1. The summed E-state index contributed by atoms with van der Waals surface area (Å²) in [6.45, 7) is 0. The minimum atomic E-state index is -0.494. The van der Waals surface area contributed by atoms with Crippen molar-refractivity contribution in [1.29, 1.82) is 0 Å². The molecule has 76 valence electrons. The number of rotatable bonds is 0. The Labute approximate surface area is 87.9 Å². The van der Waals surface area contributed by atoms with Crippen LogP contribution < -0.4 is 5.30 Å². The van der Waals surface area contributed by atoms with Crippen LogP contribution >= 0.6 is 8.73 Å². The van der Waals surface area contributed by atoms with E-state index in [1.165, 1.54) is 6.07 Å². The molecule has 1 aromatic rings. The van der Waals surface area contributed by atoms with Crippen molar-refractivity contribution >= 4 is 14.0 Å². The molecule has 0 aromatic heterocycles. The Bertz CT molecular complexity index is 482. The summed E-state index contributed by atoms with van der Waals surface area (Å²) in [5.74, 6) is -0.934. The summed E-state index contributed by atoms with van der Waals surface area (Å²) in [6, 6.07) is 2.33. The van der Waals surface area contributed by atoms with E-state index in [-0.39, 0.29) is 6.04 Å². The van der Waals surface area contributed by atoms with Crippen LogP contribution in [0.15, 0.2) is 36.6 Å². The van der Waals surface area contributed by atoms with Gasteiger partial charge in [0.2, 0.25) is 0 Å². The maximum absolute atomic E-state index is 13.6. The largest absolute Gasteiger partial charge is 0.344 e. The Morgan fingerprint density at radius 2 is 2.07 bits per heavy atom. The Morgan fingerprint density at radius 1 is 1.20 bits per heavy atom. The third-order valence-electron chi connectivity index (χ3n) is 2.59. The fourth-order valence-corrected chi connectivity index (χ4v) is 3.34. The first-order valence-corrected chi connectivity index (χ1v) is 5.59. The van der Waals surface area contributed by atoms with Gasteiger partial charge in [0, 0.05) is 31.9 Å². The Balaban J connectivity index is 2.17. The third-order valence-corrected chi connectivity index (χ3v) is 3.93. The number of fused-ring (bicyclic) bond motifs is 3. The molecule has 15 heavy (non-hydrogen) atoms. The van der Waals surface area contributed by atoms with Gasteiger partial charge in [-0.1, -0.05) is 12.2 Å². The van der Waals surface area contributed by atoms with Crippen LogP contribution in [0.25, 0.3) is 0 Å². The predicted octanol–water partition coefficient (Wildman–Crippen LogP) is 2.62. The van der Waals surface area contributed by atoms with Gasteiger partial charge < -0.3 is 4.67 Å². The summed E-state index contributed by atoms with van der Waals surface area (Å²) in [5.41, 5.74) is 0.621. The molecule has 2 heterocycles. The summed E-state index contributed by atoms with van der Waals surface area (Å²) in [4.78, 5) is 0. The molecule has 2 aliphatic heterocycles. The normalized spacial score (nSPS) is 23.3. The Hall–Kier alpha value is -1.21. The molecule has 1 aromatic carbocycles. The predicted molar refractivity (Wildman–Crippen MR) is 57.2 cm³/mol. The quantitative estimate of drug-likeness (QED) is 0.611. The first-order valence-electron chi connectivity index (χ1n) is 4.64. The van der Waals surface area contributed by atoms with Crippen LogP contribution in [0.2, 0.25) is 0 Å². The summed E-state index contributed by atoms with van der Waals surface area (Å²) in [6.07, 6.45) is 7.65. The van der Waals surface area contributed by atoms with E-state index < -0.39 is 11.6 Å². The average Bonchev–Trinajstić information content (AvgIpc) is 2.54. The lowest BCUT2D eigenvalue weighted by Crippen LogP contribution is -2.11. The standard InChI is InChI=1S/C11H8F2NP/c12-7-5-8(13)11-9-3-1-2-4-14(9)15-10(11)6-7/h1-6,9,15H. The van der Waals surface area contributed by atoms with Gasteiger partial charge in [-0.05, 0) is 12.1 Å². The highest BCUT2D eigenvalue weighted by Crippen LogP contribution is 2.43. The Morgan fingerprint density at radius 3 is 2.93 bits per heavy atom. The molecular weight excluding hydrogens is 215 g/mol. The molecule has 0 amide bonds. The third kappa shape index (κ3) is 1.30. The van der Waals surface area contributed by atoms with E-state index in [2.05, 4.69) is 0 Å². The molecule has 0 saturated carbocycles. The number of halogens is 2. The van der Waals surface area contributed by atoms with Gasteiger partial charge in [-0.3, -0.25) is 0 Å². The van der Waals surface area contributed by atoms with Crippen LogP contribution in [-0.2, 0) is 0 Å². The lowest BCUT2D eigenvalue weighted by atomic mass is 10.0. The van der Waals surface area contributed by atoms with Crippen molar-refractivity contribution in [2.75, 3.05) is 0 Å². The van der Waals surface area contributed by atoms with Gasteiger partial charge in [0.05, 0.1) is 6.04 Å². The van der Waals surface area contributed by atoms with Gasteiger partial charge >= 0.3 is 0 Å². The van der Waals surface area contributed by atoms with E-state index >= 15 is 0 Å². The number of allylic oxidation sites excluding steroid dienone is 2. The van der Waals surface area contributed by atoms with E-state index in [0.717, 1.165) is 11.4 Å². The molecule has 0 saturated heterocycles. The molecule has 3 rings (SSSR count). The smallest absolute Gasteiger partial charge is 0.132 e. The molecule has 0 aliphatic carbocycles. The summed E-state index contributed by atoms with van der Waals surface area (Å²) < 4.78 is 28.6. The van der Waals surface area contributed by atoms with Crippen LogP contribution in [0.4, 0.5) is 8.78 Å². The van der Waals surface area contributed by atoms with Gasteiger partial charge in [-0.2, -0.15) is 0 Å². The van der Waals surface area contributed by atoms with Crippen molar-refractivity contribution in [3.8, 4) is 0 Å². The SMILES string of the molecule is Fc1cc(F)c2c(c1)PN1C=CC=CC21.